The number of urea groups is 1. The highest BCUT2D eigenvalue weighted by atomic mass is 35.5. The number of aromatic nitrogens is 1. The first kappa shape index (κ1) is 18.3. The molecule has 0 spiro atoms. The van der Waals surface area contributed by atoms with Crippen molar-refractivity contribution in [1.82, 2.24) is 10.1 Å². The normalized spacial score (nSPS) is 16.3. The molecule has 0 bridgehead atoms. The Labute approximate surface area is 170 Å². The Hall–Kier alpha value is -2.02. The van der Waals surface area contributed by atoms with E-state index in [2.05, 4.69) is 21.9 Å². The molecular weight excluding hydrogens is 405 g/mol. The van der Waals surface area contributed by atoms with Crippen molar-refractivity contribution < 1.29 is 9.32 Å². The summed E-state index contributed by atoms with van der Waals surface area (Å²) in [5.74, 6) is 0.496. The fourth-order valence-electron chi connectivity index (χ4n) is 3.38. The number of nitrogens with zero attached hydrogens (tertiary/aromatic N) is 2. The van der Waals surface area contributed by atoms with Gasteiger partial charge in [0.05, 0.1) is 16.1 Å². The number of hydrogen-bond acceptors (Lipinski definition) is 4. The van der Waals surface area contributed by atoms with Crippen molar-refractivity contribution in [3.8, 4) is 11.3 Å². The lowest BCUT2D eigenvalue weighted by Gasteiger charge is -2.33. The SMILES string of the molecule is Cc1onc(-c2c(Cl)cccc2Cl)c1NC(=O)N1CCc2sccc2[C@H]1C. The first-order chi connectivity index (χ1) is 13.0. The van der Waals surface area contributed by atoms with Crippen molar-refractivity contribution >= 4 is 46.3 Å². The number of anilines is 1. The fourth-order valence-corrected chi connectivity index (χ4v) is 4.92. The summed E-state index contributed by atoms with van der Waals surface area (Å²) in [4.78, 5) is 16.2. The molecule has 4 rings (SSSR count). The van der Waals surface area contributed by atoms with Gasteiger partial charge in [-0.15, -0.1) is 11.3 Å². The quantitative estimate of drug-likeness (QED) is 0.537. The third-order valence-corrected chi connectivity index (χ3v) is 6.46. The highest BCUT2D eigenvalue weighted by Gasteiger charge is 2.30. The predicted octanol–water partition coefficient (Wildman–Crippen LogP) is 6.17. The van der Waals surface area contributed by atoms with Crippen molar-refractivity contribution in [1.29, 1.82) is 0 Å². The molecule has 8 heteroatoms. The average molecular weight is 422 g/mol. The maximum absolute atomic E-state index is 13.0. The molecule has 2 aromatic heterocycles. The highest BCUT2D eigenvalue weighted by molar-refractivity contribution is 7.10. The molecule has 3 aromatic rings. The van der Waals surface area contributed by atoms with E-state index in [1.807, 2.05) is 11.8 Å². The third-order valence-electron chi connectivity index (χ3n) is 4.83. The van der Waals surface area contributed by atoms with Crippen LogP contribution >= 0.6 is 34.5 Å². The smallest absolute Gasteiger partial charge is 0.322 e. The molecule has 0 aliphatic carbocycles. The lowest BCUT2D eigenvalue weighted by atomic mass is 10.0. The molecule has 0 radical (unpaired) electrons. The van der Waals surface area contributed by atoms with Gasteiger partial charge in [-0.3, -0.25) is 0 Å². The Morgan fingerprint density at radius 2 is 2.07 bits per heavy atom. The van der Waals surface area contributed by atoms with Gasteiger partial charge in [-0.2, -0.15) is 0 Å². The second-order valence-corrected chi connectivity index (χ2v) is 8.22. The largest absolute Gasteiger partial charge is 0.359 e. The molecule has 1 aliphatic rings. The number of halogens is 2. The van der Waals surface area contributed by atoms with Crippen LogP contribution in [0.15, 0.2) is 34.2 Å². The molecule has 2 amide bonds. The molecule has 27 heavy (non-hydrogen) atoms. The van der Waals surface area contributed by atoms with E-state index in [9.17, 15) is 4.79 Å². The number of benzene rings is 1. The van der Waals surface area contributed by atoms with Crippen LogP contribution in [0.4, 0.5) is 10.5 Å². The van der Waals surface area contributed by atoms with Crippen molar-refractivity contribution in [2.75, 3.05) is 11.9 Å². The lowest BCUT2D eigenvalue weighted by Crippen LogP contribution is -2.41. The summed E-state index contributed by atoms with van der Waals surface area (Å²) in [6.07, 6.45) is 0.858. The Morgan fingerprint density at radius 1 is 1.33 bits per heavy atom. The Morgan fingerprint density at radius 3 is 2.81 bits per heavy atom. The number of rotatable bonds is 2. The maximum atomic E-state index is 13.0. The summed E-state index contributed by atoms with van der Waals surface area (Å²) < 4.78 is 5.32. The highest BCUT2D eigenvalue weighted by Crippen LogP contribution is 2.40. The lowest BCUT2D eigenvalue weighted by molar-refractivity contribution is 0.189. The zero-order valence-electron chi connectivity index (χ0n) is 14.8. The van der Waals surface area contributed by atoms with E-state index in [1.165, 1.54) is 10.4 Å². The topological polar surface area (TPSA) is 58.4 Å². The van der Waals surface area contributed by atoms with E-state index in [4.69, 9.17) is 27.7 Å². The van der Waals surface area contributed by atoms with Crippen molar-refractivity contribution in [2.45, 2.75) is 26.3 Å². The van der Waals surface area contributed by atoms with E-state index in [0.29, 0.717) is 39.3 Å². The summed E-state index contributed by atoms with van der Waals surface area (Å²) in [5.41, 5.74) is 2.66. The Kier molecular flexibility index (Phi) is 4.88. The second kappa shape index (κ2) is 7.19. The van der Waals surface area contributed by atoms with Crippen LogP contribution in [0.3, 0.4) is 0 Å². The van der Waals surface area contributed by atoms with Crippen molar-refractivity contribution in [3.63, 3.8) is 0 Å². The van der Waals surface area contributed by atoms with Crippen LogP contribution in [0.25, 0.3) is 11.3 Å². The third kappa shape index (κ3) is 3.22. The molecule has 1 aromatic carbocycles. The van der Waals surface area contributed by atoms with Crippen LogP contribution < -0.4 is 5.32 Å². The Bertz CT molecular complexity index is 994. The van der Waals surface area contributed by atoms with E-state index in [0.717, 1.165) is 6.42 Å². The molecule has 0 saturated carbocycles. The van der Waals surface area contributed by atoms with Crippen molar-refractivity contribution in [2.24, 2.45) is 0 Å². The average Bonchev–Trinajstić information content (AvgIpc) is 3.24. The maximum Gasteiger partial charge on any atom is 0.322 e. The van der Waals surface area contributed by atoms with Gasteiger partial charge in [0.1, 0.15) is 11.4 Å². The number of amides is 2. The molecule has 3 heterocycles. The summed E-state index contributed by atoms with van der Waals surface area (Å²) in [6.45, 7) is 4.44. The van der Waals surface area contributed by atoms with Crippen LogP contribution in [0.1, 0.15) is 29.2 Å². The minimum absolute atomic E-state index is 0.00696. The van der Waals surface area contributed by atoms with Gasteiger partial charge in [-0.1, -0.05) is 34.4 Å². The van der Waals surface area contributed by atoms with Gasteiger partial charge in [0, 0.05) is 17.0 Å². The van der Waals surface area contributed by atoms with Crippen LogP contribution in [0.2, 0.25) is 10.0 Å². The number of fused-ring (bicyclic) bond motifs is 1. The van der Waals surface area contributed by atoms with Crippen LogP contribution in [0, 0.1) is 6.92 Å². The number of hydrogen-bond donors (Lipinski definition) is 1. The molecule has 1 N–H and O–H groups in total. The summed E-state index contributed by atoms with van der Waals surface area (Å²) in [7, 11) is 0. The Balaban J connectivity index is 1.64. The monoisotopic (exact) mass is 421 g/mol. The molecule has 0 saturated heterocycles. The molecule has 0 fully saturated rings. The summed E-state index contributed by atoms with van der Waals surface area (Å²) >= 11 is 14.4. The minimum Gasteiger partial charge on any atom is -0.359 e. The van der Waals surface area contributed by atoms with E-state index >= 15 is 0 Å². The fraction of sp³-hybridized carbons (Fsp3) is 0.263. The van der Waals surface area contributed by atoms with Crippen LogP contribution in [0.5, 0.6) is 0 Å². The van der Waals surface area contributed by atoms with Gasteiger partial charge in [-0.25, -0.2) is 4.79 Å². The zero-order valence-corrected chi connectivity index (χ0v) is 17.1. The summed E-state index contributed by atoms with van der Waals surface area (Å²) in [5, 5.41) is 9.99. The minimum atomic E-state index is -0.199. The van der Waals surface area contributed by atoms with Crippen molar-refractivity contribution in [3.05, 3.63) is 55.9 Å². The van der Waals surface area contributed by atoms with Gasteiger partial charge in [0.2, 0.25) is 0 Å². The molecule has 1 atom stereocenters. The number of carbonyl (C=O) groups excluding carboxylic acids is 1. The molecule has 1 aliphatic heterocycles. The van der Waals surface area contributed by atoms with E-state index < -0.39 is 0 Å². The molecular formula is C19H17Cl2N3O2S. The molecule has 5 nitrogen and oxygen atoms in total. The zero-order chi connectivity index (χ0) is 19.1. The van der Waals surface area contributed by atoms with Crippen LogP contribution in [-0.2, 0) is 6.42 Å². The van der Waals surface area contributed by atoms with Gasteiger partial charge < -0.3 is 14.7 Å². The number of nitrogens with one attached hydrogen (secondary N) is 1. The van der Waals surface area contributed by atoms with Crippen LogP contribution in [-0.4, -0.2) is 22.6 Å². The predicted molar refractivity (Wildman–Crippen MR) is 109 cm³/mol. The molecule has 0 unspecified atom stereocenters. The van der Waals surface area contributed by atoms with E-state index in [1.54, 1.807) is 36.5 Å². The van der Waals surface area contributed by atoms with Gasteiger partial charge in [0.25, 0.3) is 0 Å². The van der Waals surface area contributed by atoms with Gasteiger partial charge >= 0.3 is 6.03 Å². The van der Waals surface area contributed by atoms with E-state index in [-0.39, 0.29) is 12.1 Å². The second-order valence-electron chi connectivity index (χ2n) is 6.41. The van der Waals surface area contributed by atoms with Gasteiger partial charge in [-0.05, 0) is 49.4 Å². The van der Waals surface area contributed by atoms with Gasteiger partial charge in [0.15, 0.2) is 5.76 Å². The first-order valence-electron chi connectivity index (χ1n) is 8.52. The number of carbonyl (C=O) groups is 1. The standard InChI is InChI=1S/C19H17Cl2N3O2S/c1-10-12-7-9-27-15(12)6-8-24(10)19(25)22-17-11(2)26-23-18(17)16-13(20)4-3-5-14(16)21/h3-5,7,9-10H,6,8H2,1-2H3,(H,22,25)/t10-/m1/s1. The summed E-state index contributed by atoms with van der Waals surface area (Å²) in [6, 6.07) is 7.10. The number of thiophene rings is 1. The molecule has 140 valence electrons. The number of aryl methyl sites for hydroxylation is 1. The first-order valence-corrected chi connectivity index (χ1v) is 10.2.